The van der Waals surface area contributed by atoms with Gasteiger partial charge in [0.25, 0.3) is 0 Å². The molecule has 132 valence electrons. The molecular weight excluding hydrogens is 323 g/mol. The van der Waals surface area contributed by atoms with Gasteiger partial charge in [0.05, 0.1) is 0 Å². The lowest BCUT2D eigenvalue weighted by atomic mass is 9.12. The SMILES string of the molecule is Cc1ccccc1[B-](c1ccccc1)(c1ccccc1)c1ccccc1C. The largest absolute Gasteiger partial charge is 0.195 e. The predicted molar refractivity (Wildman–Crippen MR) is 120 cm³/mol. The van der Waals surface area contributed by atoms with Gasteiger partial charge in [-0.25, -0.2) is 0 Å². The number of hydrogen-bond acceptors (Lipinski definition) is 0. The van der Waals surface area contributed by atoms with E-state index >= 15 is 0 Å². The monoisotopic (exact) mass is 347 g/mol. The van der Waals surface area contributed by atoms with Crippen molar-refractivity contribution in [2.24, 2.45) is 0 Å². The number of rotatable bonds is 4. The molecule has 0 spiro atoms. The average molecular weight is 347 g/mol. The number of benzene rings is 4. The van der Waals surface area contributed by atoms with Crippen LogP contribution in [0.1, 0.15) is 11.1 Å². The molecule has 0 heterocycles. The Morgan fingerprint density at radius 1 is 0.407 bits per heavy atom. The first-order valence-electron chi connectivity index (χ1n) is 9.63. The third kappa shape index (κ3) is 2.90. The summed E-state index contributed by atoms with van der Waals surface area (Å²) in [7, 11) is 0. The topological polar surface area (TPSA) is 0 Å². The third-order valence-electron chi connectivity index (χ3n) is 5.91. The molecule has 0 fully saturated rings. The Bertz CT molecular complexity index is 949. The lowest BCUT2D eigenvalue weighted by molar-refractivity contribution is 1.48. The van der Waals surface area contributed by atoms with Crippen molar-refractivity contribution in [1.29, 1.82) is 0 Å². The summed E-state index contributed by atoms with van der Waals surface area (Å²) in [6.07, 6.45) is -1.27. The van der Waals surface area contributed by atoms with E-state index in [2.05, 4.69) is 123 Å². The summed E-state index contributed by atoms with van der Waals surface area (Å²) in [5, 5.41) is 0. The Balaban J connectivity index is 2.20. The van der Waals surface area contributed by atoms with Crippen molar-refractivity contribution < 1.29 is 0 Å². The molecule has 4 aromatic rings. The van der Waals surface area contributed by atoms with Gasteiger partial charge in [0.1, 0.15) is 6.15 Å². The molecule has 4 aromatic carbocycles. The molecule has 0 radical (unpaired) electrons. The van der Waals surface area contributed by atoms with Crippen LogP contribution in [-0.4, -0.2) is 6.15 Å². The minimum absolute atomic E-state index is 1.27. The number of hydrogen-bond donors (Lipinski definition) is 0. The lowest BCUT2D eigenvalue weighted by Crippen LogP contribution is -2.75. The molecule has 0 aromatic heterocycles. The second-order valence-corrected chi connectivity index (χ2v) is 7.40. The van der Waals surface area contributed by atoms with Crippen molar-refractivity contribution in [3.05, 3.63) is 120 Å². The normalized spacial score (nSPS) is 11.3. The molecule has 0 saturated heterocycles. The van der Waals surface area contributed by atoms with Crippen molar-refractivity contribution in [3.63, 3.8) is 0 Å². The smallest absolute Gasteiger partial charge is 0.108 e. The fourth-order valence-electron chi connectivity index (χ4n) is 4.71. The maximum atomic E-state index is 2.31. The maximum absolute atomic E-state index is 2.31. The second kappa shape index (κ2) is 7.29. The molecular formula is C26H24B-. The van der Waals surface area contributed by atoms with E-state index in [0.29, 0.717) is 0 Å². The van der Waals surface area contributed by atoms with Gasteiger partial charge in [-0.3, -0.25) is 0 Å². The van der Waals surface area contributed by atoms with Gasteiger partial charge >= 0.3 is 0 Å². The molecule has 0 N–H and O–H groups in total. The Morgan fingerprint density at radius 3 is 1.11 bits per heavy atom. The maximum Gasteiger partial charge on any atom is 0.108 e. The summed E-state index contributed by atoms with van der Waals surface area (Å²) < 4.78 is 0. The zero-order valence-corrected chi connectivity index (χ0v) is 16.0. The van der Waals surface area contributed by atoms with Crippen LogP contribution in [0.15, 0.2) is 109 Å². The summed E-state index contributed by atoms with van der Waals surface area (Å²) >= 11 is 0. The van der Waals surface area contributed by atoms with E-state index in [9.17, 15) is 0 Å². The van der Waals surface area contributed by atoms with Crippen LogP contribution in [0.5, 0.6) is 0 Å². The van der Waals surface area contributed by atoms with E-state index in [-0.39, 0.29) is 0 Å². The van der Waals surface area contributed by atoms with Crippen LogP contribution in [-0.2, 0) is 0 Å². The molecule has 0 saturated carbocycles. The van der Waals surface area contributed by atoms with Crippen molar-refractivity contribution in [1.82, 2.24) is 0 Å². The summed E-state index contributed by atoms with van der Waals surface area (Å²) in [5.41, 5.74) is 8.15. The van der Waals surface area contributed by atoms with Gasteiger partial charge in [0, 0.05) is 0 Å². The van der Waals surface area contributed by atoms with Crippen LogP contribution < -0.4 is 21.9 Å². The molecule has 0 aliphatic carbocycles. The van der Waals surface area contributed by atoms with Gasteiger partial charge in [-0.2, -0.15) is 21.9 Å². The molecule has 0 bridgehead atoms. The molecule has 0 amide bonds. The quantitative estimate of drug-likeness (QED) is 0.494. The van der Waals surface area contributed by atoms with E-state index in [0.717, 1.165) is 0 Å². The van der Waals surface area contributed by atoms with Gasteiger partial charge < -0.3 is 0 Å². The summed E-state index contributed by atoms with van der Waals surface area (Å²) in [6.45, 7) is 4.46. The van der Waals surface area contributed by atoms with E-state index in [1.165, 1.54) is 33.0 Å². The lowest BCUT2D eigenvalue weighted by Gasteiger charge is -2.46. The molecule has 0 aliphatic heterocycles. The van der Waals surface area contributed by atoms with Crippen LogP contribution in [0.25, 0.3) is 0 Å². The van der Waals surface area contributed by atoms with Crippen LogP contribution in [0, 0.1) is 13.8 Å². The third-order valence-corrected chi connectivity index (χ3v) is 5.91. The number of aryl methyl sites for hydroxylation is 2. The summed E-state index contributed by atoms with van der Waals surface area (Å²) in [5.74, 6) is 0. The van der Waals surface area contributed by atoms with E-state index in [1.54, 1.807) is 0 Å². The molecule has 4 rings (SSSR count). The van der Waals surface area contributed by atoms with Gasteiger partial charge in [-0.05, 0) is 13.8 Å². The fourth-order valence-corrected chi connectivity index (χ4v) is 4.71. The minimum atomic E-state index is -1.27. The van der Waals surface area contributed by atoms with Gasteiger partial charge in [-0.15, -0.1) is 0 Å². The Kier molecular flexibility index (Phi) is 4.69. The molecule has 27 heavy (non-hydrogen) atoms. The standard InChI is InChI=1S/C26H24B/c1-21-13-9-11-19-25(21)27(23-15-5-3-6-16-23,24-17-7-4-8-18-24)26-20-12-10-14-22(26)2/h3-20H,1-2H3/q-1. The Labute approximate surface area is 162 Å². The zero-order valence-electron chi connectivity index (χ0n) is 16.0. The van der Waals surface area contributed by atoms with Crippen LogP contribution in [0.3, 0.4) is 0 Å². The first-order chi connectivity index (χ1) is 13.2. The van der Waals surface area contributed by atoms with Crippen molar-refractivity contribution in [2.45, 2.75) is 13.8 Å². The molecule has 0 unspecified atom stereocenters. The highest BCUT2D eigenvalue weighted by Gasteiger charge is 2.33. The molecule has 0 aliphatic rings. The highest BCUT2D eigenvalue weighted by atomic mass is 14.1. The Morgan fingerprint density at radius 2 is 0.741 bits per heavy atom. The van der Waals surface area contributed by atoms with Crippen molar-refractivity contribution in [2.75, 3.05) is 0 Å². The van der Waals surface area contributed by atoms with E-state index in [4.69, 9.17) is 0 Å². The highest BCUT2D eigenvalue weighted by molar-refractivity contribution is 7.20. The molecule has 0 atom stereocenters. The second-order valence-electron chi connectivity index (χ2n) is 7.40. The molecule has 1 heteroatoms. The van der Waals surface area contributed by atoms with Gasteiger partial charge in [-0.1, -0.05) is 120 Å². The average Bonchev–Trinajstić information content (AvgIpc) is 2.73. The first-order valence-corrected chi connectivity index (χ1v) is 9.63. The van der Waals surface area contributed by atoms with Crippen molar-refractivity contribution in [3.8, 4) is 0 Å². The van der Waals surface area contributed by atoms with Crippen molar-refractivity contribution >= 4 is 28.0 Å². The Hall–Kier alpha value is -3.06. The molecule has 0 nitrogen and oxygen atoms in total. The van der Waals surface area contributed by atoms with Crippen LogP contribution in [0.4, 0.5) is 0 Å². The summed E-state index contributed by atoms with van der Waals surface area (Å²) in [6, 6.07) is 39.7. The highest BCUT2D eigenvalue weighted by Crippen LogP contribution is 2.13. The van der Waals surface area contributed by atoms with Crippen LogP contribution in [0.2, 0.25) is 0 Å². The predicted octanol–water partition coefficient (Wildman–Crippen LogP) is 3.68. The first kappa shape index (κ1) is 17.4. The van der Waals surface area contributed by atoms with Crippen LogP contribution >= 0.6 is 0 Å². The van der Waals surface area contributed by atoms with E-state index < -0.39 is 6.15 Å². The zero-order chi connectivity index (χ0) is 18.7. The van der Waals surface area contributed by atoms with Gasteiger partial charge in [0.2, 0.25) is 0 Å². The van der Waals surface area contributed by atoms with E-state index in [1.807, 2.05) is 0 Å². The minimum Gasteiger partial charge on any atom is -0.195 e. The van der Waals surface area contributed by atoms with Gasteiger partial charge in [0.15, 0.2) is 0 Å². The summed E-state index contributed by atoms with van der Waals surface area (Å²) in [4.78, 5) is 0. The fraction of sp³-hybridized carbons (Fsp3) is 0.0769.